The minimum atomic E-state index is 0.0179. The minimum Gasteiger partial charge on any atom is -0.375 e. The lowest BCUT2D eigenvalue weighted by Crippen LogP contribution is -2.47. The van der Waals surface area contributed by atoms with E-state index in [0.717, 1.165) is 25.6 Å². The Labute approximate surface area is 96.1 Å². The summed E-state index contributed by atoms with van der Waals surface area (Å²) in [5.74, 6) is 0.881. The van der Waals surface area contributed by atoms with Crippen LogP contribution in [0.2, 0.25) is 0 Å². The number of rotatable bonds is 2. The second-order valence-electron chi connectivity index (χ2n) is 4.21. The van der Waals surface area contributed by atoms with E-state index in [1.54, 1.807) is 12.0 Å². The topological polar surface area (TPSA) is 45.1 Å². The Morgan fingerprint density at radius 2 is 2.06 bits per heavy atom. The number of carbonyl (C=O) groups excluding carboxylic acids is 1. The van der Waals surface area contributed by atoms with Crippen LogP contribution in [0.1, 0.15) is 19.3 Å². The average molecular weight is 225 g/mol. The van der Waals surface area contributed by atoms with E-state index in [1.165, 1.54) is 19.3 Å². The summed E-state index contributed by atoms with van der Waals surface area (Å²) in [4.78, 5) is 20.2. The molecular formula is C11H19N3O2. The maximum atomic E-state index is 11.8. The zero-order valence-corrected chi connectivity index (χ0v) is 9.81. The van der Waals surface area contributed by atoms with Gasteiger partial charge in [-0.1, -0.05) is 0 Å². The molecule has 0 N–H and O–H groups in total. The number of likely N-dealkylation sites (tertiary alicyclic amines) is 1. The van der Waals surface area contributed by atoms with Crippen molar-refractivity contribution in [1.82, 2.24) is 9.80 Å². The third kappa shape index (κ3) is 2.35. The Kier molecular flexibility index (Phi) is 3.77. The van der Waals surface area contributed by atoms with Crippen molar-refractivity contribution in [1.29, 1.82) is 0 Å². The molecule has 90 valence electrons. The van der Waals surface area contributed by atoms with Crippen molar-refractivity contribution in [3.63, 3.8) is 0 Å². The number of aliphatic imine (C=N–C) groups is 1. The Morgan fingerprint density at radius 3 is 2.75 bits per heavy atom. The number of nitrogens with zero attached hydrogens (tertiary/aromatic N) is 3. The standard InChI is InChI=1S/C11H19N3O2/c1-16-9-10(15)14-8-5-12-11(14)13-6-3-2-4-7-13/h2-9H2,1H3. The highest BCUT2D eigenvalue weighted by Gasteiger charge is 2.28. The molecule has 0 aliphatic carbocycles. The molecule has 16 heavy (non-hydrogen) atoms. The highest BCUT2D eigenvalue weighted by Crippen LogP contribution is 2.14. The predicted molar refractivity (Wildman–Crippen MR) is 61.3 cm³/mol. The normalized spacial score (nSPS) is 21.2. The minimum absolute atomic E-state index is 0.0179. The first-order valence-corrected chi connectivity index (χ1v) is 5.91. The first-order valence-electron chi connectivity index (χ1n) is 5.91. The van der Waals surface area contributed by atoms with Gasteiger partial charge in [0.2, 0.25) is 5.96 Å². The maximum absolute atomic E-state index is 11.8. The van der Waals surface area contributed by atoms with Gasteiger partial charge in [-0.15, -0.1) is 0 Å². The number of guanidine groups is 1. The van der Waals surface area contributed by atoms with Crippen molar-refractivity contribution in [2.45, 2.75) is 19.3 Å². The second-order valence-corrected chi connectivity index (χ2v) is 4.21. The van der Waals surface area contributed by atoms with Gasteiger partial charge in [0.05, 0.1) is 6.54 Å². The van der Waals surface area contributed by atoms with Gasteiger partial charge in [0.15, 0.2) is 0 Å². The number of hydrogen-bond acceptors (Lipinski definition) is 4. The van der Waals surface area contributed by atoms with Crippen LogP contribution in [-0.4, -0.2) is 61.6 Å². The van der Waals surface area contributed by atoms with E-state index in [0.29, 0.717) is 6.54 Å². The molecule has 0 unspecified atom stereocenters. The van der Waals surface area contributed by atoms with Crippen molar-refractivity contribution in [2.75, 3.05) is 39.9 Å². The average Bonchev–Trinajstić information content (AvgIpc) is 2.79. The molecule has 0 aromatic carbocycles. The molecule has 0 atom stereocenters. The predicted octanol–water partition coefficient (Wildman–Crippen LogP) is 0.317. The number of piperidine rings is 1. The fraction of sp³-hybridized carbons (Fsp3) is 0.818. The van der Waals surface area contributed by atoms with Gasteiger partial charge >= 0.3 is 0 Å². The molecule has 2 aliphatic heterocycles. The summed E-state index contributed by atoms with van der Waals surface area (Å²) in [7, 11) is 1.55. The molecule has 2 aliphatic rings. The molecule has 0 bridgehead atoms. The zero-order valence-electron chi connectivity index (χ0n) is 9.81. The van der Waals surface area contributed by atoms with Crippen LogP contribution in [0.4, 0.5) is 0 Å². The molecule has 2 heterocycles. The second kappa shape index (κ2) is 5.30. The summed E-state index contributed by atoms with van der Waals surface area (Å²) in [5, 5.41) is 0. The lowest BCUT2D eigenvalue weighted by Gasteiger charge is -2.32. The molecular weight excluding hydrogens is 206 g/mol. The van der Waals surface area contributed by atoms with E-state index in [1.807, 2.05) is 0 Å². The van der Waals surface area contributed by atoms with E-state index < -0.39 is 0 Å². The summed E-state index contributed by atoms with van der Waals surface area (Å²) < 4.78 is 4.89. The van der Waals surface area contributed by atoms with Crippen LogP contribution in [0.5, 0.6) is 0 Å². The first kappa shape index (κ1) is 11.4. The molecule has 5 heteroatoms. The number of methoxy groups -OCH3 is 1. The van der Waals surface area contributed by atoms with E-state index in [9.17, 15) is 4.79 Å². The van der Waals surface area contributed by atoms with Crippen molar-refractivity contribution in [3.8, 4) is 0 Å². The number of hydrogen-bond donors (Lipinski definition) is 0. The zero-order chi connectivity index (χ0) is 11.4. The Bertz CT molecular complexity index is 285. The smallest absolute Gasteiger partial charge is 0.255 e. The quantitative estimate of drug-likeness (QED) is 0.679. The molecule has 1 amide bonds. The summed E-state index contributed by atoms with van der Waals surface area (Å²) in [5.41, 5.74) is 0. The Morgan fingerprint density at radius 1 is 1.31 bits per heavy atom. The Hall–Kier alpha value is -1.10. The van der Waals surface area contributed by atoms with Crippen LogP contribution >= 0.6 is 0 Å². The molecule has 0 saturated carbocycles. The molecule has 1 fully saturated rings. The Balaban J connectivity index is 1.99. The van der Waals surface area contributed by atoms with E-state index in [4.69, 9.17) is 4.74 Å². The van der Waals surface area contributed by atoms with E-state index >= 15 is 0 Å². The fourth-order valence-electron chi connectivity index (χ4n) is 2.24. The van der Waals surface area contributed by atoms with Crippen LogP contribution in [0.25, 0.3) is 0 Å². The largest absolute Gasteiger partial charge is 0.375 e. The molecule has 1 saturated heterocycles. The maximum Gasteiger partial charge on any atom is 0.255 e. The summed E-state index contributed by atoms with van der Waals surface area (Å²) in [6.07, 6.45) is 3.69. The summed E-state index contributed by atoms with van der Waals surface area (Å²) in [6.45, 7) is 3.62. The molecule has 0 aromatic heterocycles. The van der Waals surface area contributed by atoms with Crippen molar-refractivity contribution in [3.05, 3.63) is 0 Å². The number of amides is 1. The third-order valence-corrected chi connectivity index (χ3v) is 3.03. The van der Waals surface area contributed by atoms with E-state index in [2.05, 4.69) is 9.89 Å². The monoisotopic (exact) mass is 225 g/mol. The van der Waals surface area contributed by atoms with Gasteiger partial charge in [-0.25, -0.2) is 0 Å². The molecule has 0 radical (unpaired) electrons. The molecule has 0 aromatic rings. The van der Waals surface area contributed by atoms with Gasteiger partial charge in [0.1, 0.15) is 6.61 Å². The lowest BCUT2D eigenvalue weighted by atomic mass is 10.1. The van der Waals surface area contributed by atoms with Crippen LogP contribution in [0, 0.1) is 0 Å². The van der Waals surface area contributed by atoms with Gasteiger partial charge < -0.3 is 9.64 Å². The highest BCUT2D eigenvalue weighted by atomic mass is 16.5. The van der Waals surface area contributed by atoms with Crippen LogP contribution in [-0.2, 0) is 9.53 Å². The van der Waals surface area contributed by atoms with Gasteiger partial charge in [-0.3, -0.25) is 14.7 Å². The SMILES string of the molecule is COCC(=O)N1CCN=C1N1CCCCC1. The fourth-order valence-corrected chi connectivity index (χ4v) is 2.24. The lowest BCUT2D eigenvalue weighted by molar-refractivity contribution is -0.131. The number of carbonyl (C=O) groups is 1. The molecule has 0 spiro atoms. The van der Waals surface area contributed by atoms with Crippen LogP contribution in [0.3, 0.4) is 0 Å². The molecule has 5 nitrogen and oxygen atoms in total. The first-order chi connectivity index (χ1) is 7.83. The van der Waals surface area contributed by atoms with Crippen LogP contribution in [0.15, 0.2) is 4.99 Å². The van der Waals surface area contributed by atoms with Crippen molar-refractivity contribution >= 4 is 11.9 Å². The molecule has 2 rings (SSSR count). The number of ether oxygens (including phenoxy) is 1. The van der Waals surface area contributed by atoms with Gasteiger partial charge in [-0.2, -0.15) is 0 Å². The summed E-state index contributed by atoms with van der Waals surface area (Å²) in [6, 6.07) is 0. The van der Waals surface area contributed by atoms with Crippen LogP contribution < -0.4 is 0 Å². The van der Waals surface area contributed by atoms with Crippen molar-refractivity contribution < 1.29 is 9.53 Å². The third-order valence-electron chi connectivity index (χ3n) is 3.03. The van der Waals surface area contributed by atoms with Crippen molar-refractivity contribution in [2.24, 2.45) is 4.99 Å². The highest BCUT2D eigenvalue weighted by molar-refractivity contribution is 5.98. The van der Waals surface area contributed by atoms with Gasteiger partial charge in [0.25, 0.3) is 5.91 Å². The summed E-state index contributed by atoms with van der Waals surface area (Å²) >= 11 is 0. The van der Waals surface area contributed by atoms with E-state index in [-0.39, 0.29) is 12.5 Å². The van der Waals surface area contributed by atoms with Gasteiger partial charge in [0, 0.05) is 26.7 Å². The van der Waals surface area contributed by atoms with Gasteiger partial charge in [-0.05, 0) is 19.3 Å².